The predicted molar refractivity (Wildman–Crippen MR) is 112 cm³/mol. The van der Waals surface area contributed by atoms with Crippen molar-refractivity contribution in [3.8, 4) is 0 Å². The molecule has 31 heavy (non-hydrogen) atoms. The third-order valence-electron chi connectivity index (χ3n) is 6.01. The summed E-state index contributed by atoms with van der Waals surface area (Å²) < 4.78 is 39.0. The van der Waals surface area contributed by atoms with Crippen molar-refractivity contribution < 1.29 is 18.0 Å². The van der Waals surface area contributed by atoms with E-state index in [2.05, 4.69) is 15.1 Å². The highest BCUT2D eigenvalue weighted by atomic mass is 19.4. The van der Waals surface area contributed by atoms with Gasteiger partial charge in [-0.15, -0.1) is 5.10 Å². The van der Waals surface area contributed by atoms with Crippen LogP contribution in [0.1, 0.15) is 24.1 Å². The first-order valence-corrected chi connectivity index (χ1v) is 10.6. The number of hydrogen-bond acceptors (Lipinski definition) is 5. The average molecular weight is 433 g/mol. The third kappa shape index (κ3) is 4.91. The lowest BCUT2D eigenvalue weighted by molar-refractivity contribution is -0.137. The van der Waals surface area contributed by atoms with Crippen LogP contribution in [0.5, 0.6) is 0 Å². The molecule has 166 valence electrons. The van der Waals surface area contributed by atoms with Gasteiger partial charge in [-0.1, -0.05) is 6.07 Å². The van der Waals surface area contributed by atoms with Gasteiger partial charge in [-0.3, -0.25) is 4.79 Å². The van der Waals surface area contributed by atoms with Gasteiger partial charge >= 0.3 is 6.18 Å². The van der Waals surface area contributed by atoms with Gasteiger partial charge in [0.2, 0.25) is 5.91 Å². The van der Waals surface area contributed by atoms with Crippen LogP contribution < -0.4 is 9.80 Å². The van der Waals surface area contributed by atoms with Crippen molar-refractivity contribution in [1.29, 1.82) is 0 Å². The number of benzene rings is 1. The highest BCUT2D eigenvalue weighted by Crippen LogP contribution is 2.32. The minimum Gasteiger partial charge on any atom is -0.368 e. The molecule has 4 rings (SSSR count). The van der Waals surface area contributed by atoms with Crippen molar-refractivity contribution in [3.63, 3.8) is 0 Å². The van der Waals surface area contributed by atoms with Gasteiger partial charge in [-0.05, 0) is 50.1 Å². The first kappa shape index (κ1) is 21.4. The zero-order valence-electron chi connectivity index (χ0n) is 17.5. The largest absolute Gasteiger partial charge is 0.416 e. The van der Waals surface area contributed by atoms with Crippen molar-refractivity contribution >= 4 is 17.4 Å². The van der Waals surface area contributed by atoms with Crippen LogP contribution in [0.3, 0.4) is 0 Å². The Morgan fingerprint density at radius 2 is 1.77 bits per heavy atom. The Hall–Kier alpha value is -2.84. The van der Waals surface area contributed by atoms with Crippen LogP contribution in [0.15, 0.2) is 36.4 Å². The number of hydrogen-bond donors (Lipinski definition) is 0. The summed E-state index contributed by atoms with van der Waals surface area (Å²) in [4.78, 5) is 19.0. The Morgan fingerprint density at radius 3 is 2.45 bits per heavy atom. The fourth-order valence-corrected chi connectivity index (χ4v) is 4.27. The van der Waals surface area contributed by atoms with Gasteiger partial charge in [-0.2, -0.15) is 18.3 Å². The number of alkyl halides is 3. The first-order valence-electron chi connectivity index (χ1n) is 10.6. The van der Waals surface area contributed by atoms with Crippen molar-refractivity contribution in [2.75, 3.05) is 49.1 Å². The summed E-state index contributed by atoms with van der Waals surface area (Å²) in [5.41, 5.74) is 0.751. The van der Waals surface area contributed by atoms with Gasteiger partial charge in [-0.25, -0.2) is 0 Å². The summed E-state index contributed by atoms with van der Waals surface area (Å²) in [6.07, 6.45) is -2.61. The standard InChI is InChI=1S/C22H26F3N5O/c1-16-7-8-20(27-26-16)30-9-3-4-17(15-30)21(31)29-12-10-28(11-13-29)19-6-2-5-18(14-19)22(23,24)25/h2,5-8,14,17H,3-4,9-13,15H2,1H3. The number of nitrogens with zero attached hydrogens (tertiary/aromatic N) is 5. The molecular formula is C22H26F3N5O. The normalized spacial score (nSPS) is 20.1. The van der Waals surface area contributed by atoms with E-state index in [9.17, 15) is 18.0 Å². The number of carbonyl (C=O) groups is 1. The number of anilines is 2. The van der Waals surface area contributed by atoms with Gasteiger partial charge in [0, 0.05) is 45.0 Å². The SMILES string of the molecule is Cc1ccc(N2CCCC(C(=O)N3CCN(c4cccc(C(F)(F)F)c4)CC3)C2)nn1. The maximum atomic E-state index is 13.1. The maximum Gasteiger partial charge on any atom is 0.416 e. The number of piperazine rings is 1. The number of rotatable bonds is 3. The molecule has 1 aromatic heterocycles. The molecule has 0 radical (unpaired) electrons. The molecule has 3 heterocycles. The molecule has 0 bridgehead atoms. The number of aromatic nitrogens is 2. The lowest BCUT2D eigenvalue weighted by Gasteiger charge is -2.40. The van der Waals surface area contributed by atoms with Gasteiger partial charge in [0.15, 0.2) is 5.82 Å². The molecular weight excluding hydrogens is 407 g/mol. The zero-order chi connectivity index (χ0) is 22.0. The van der Waals surface area contributed by atoms with Crippen molar-refractivity contribution in [1.82, 2.24) is 15.1 Å². The second kappa shape index (κ2) is 8.72. The molecule has 0 spiro atoms. The van der Waals surface area contributed by atoms with Crippen LogP contribution in [0.2, 0.25) is 0 Å². The molecule has 1 amide bonds. The van der Waals surface area contributed by atoms with E-state index in [0.717, 1.165) is 37.0 Å². The van der Waals surface area contributed by atoms with Crippen LogP contribution in [-0.2, 0) is 11.0 Å². The molecule has 1 unspecified atom stereocenters. The number of halogens is 3. The summed E-state index contributed by atoms with van der Waals surface area (Å²) in [7, 11) is 0. The van der Waals surface area contributed by atoms with Crippen molar-refractivity contribution in [2.24, 2.45) is 5.92 Å². The predicted octanol–water partition coefficient (Wildman–Crippen LogP) is 3.37. The molecule has 1 aromatic carbocycles. The summed E-state index contributed by atoms with van der Waals surface area (Å²) >= 11 is 0. The fourth-order valence-electron chi connectivity index (χ4n) is 4.27. The topological polar surface area (TPSA) is 52.6 Å². The quantitative estimate of drug-likeness (QED) is 0.743. The number of aryl methyl sites for hydroxylation is 1. The molecule has 2 aliphatic heterocycles. The second-order valence-corrected chi connectivity index (χ2v) is 8.18. The summed E-state index contributed by atoms with van der Waals surface area (Å²) in [6.45, 7) is 5.42. The van der Waals surface area contributed by atoms with E-state index in [-0.39, 0.29) is 11.8 Å². The number of piperidine rings is 1. The fraction of sp³-hybridized carbons (Fsp3) is 0.500. The molecule has 2 saturated heterocycles. The minimum atomic E-state index is -4.36. The Morgan fingerprint density at radius 1 is 1.00 bits per heavy atom. The van der Waals surface area contributed by atoms with E-state index in [1.807, 2.05) is 28.9 Å². The van der Waals surface area contributed by atoms with Gasteiger partial charge < -0.3 is 14.7 Å². The van der Waals surface area contributed by atoms with Crippen molar-refractivity contribution in [3.05, 3.63) is 47.7 Å². The van der Waals surface area contributed by atoms with Gasteiger partial charge in [0.1, 0.15) is 0 Å². The smallest absolute Gasteiger partial charge is 0.368 e. The maximum absolute atomic E-state index is 13.1. The molecule has 9 heteroatoms. The lowest BCUT2D eigenvalue weighted by Crippen LogP contribution is -2.52. The van der Waals surface area contributed by atoms with E-state index in [1.165, 1.54) is 12.1 Å². The molecule has 1 atom stereocenters. The van der Waals surface area contributed by atoms with Crippen LogP contribution in [0.25, 0.3) is 0 Å². The Bertz CT molecular complexity index is 910. The molecule has 2 aliphatic rings. The number of amides is 1. The van der Waals surface area contributed by atoms with E-state index in [1.54, 1.807) is 6.07 Å². The third-order valence-corrected chi connectivity index (χ3v) is 6.01. The van der Waals surface area contributed by atoms with E-state index < -0.39 is 11.7 Å². The van der Waals surface area contributed by atoms with Gasteiger partial charge in [0.25, 0.3) is 0 Å². The Labute approximate surface area is 179 Å². The number of carbonyl (C=O) groups excluding carboxylic acids is 1. The Kier molecular flexibility index (Phi) is 6.02. The average Bonchev–Trinajstić information content (AvgIpc) is 2.79. The summed E-state index contributed by atoms with van der Waals surface area (Å²) in [6, 6.07) is 9.23. The van der Waals surface area contributed by atoms with Crippen LogP contribution >= 0.6 is 0 Å². The van der Waals surface area contributed by atoms with Crippen LogP contribution in [0.4, 0.5) is 24.7 Å². The minimum absolute atomic E-state index is 0.100. The highest BCUT2D eigenvalue weighted by molar-refractivity contribution is 5.80. The highest BCUT2D eigenvalue weighted by Gasteiger charge is 2.33. The molecule has 6 nitrogen and oxygen atoms in total. The molecule has 0 aliphatic carbocycles. The molecule has 0 saturated carbocycles. The summed E-state index contributed by atoms with van der Waals surface area (Å²) in [5, 5.41) is 8.35. The van der Waals surface area contributed by atoms with Crippen LogP contribution in [0, 0.1) is 12.8 Å². The second-order valence-electron chi connectivity index (χ2n) is 8.18. The van der Waals surface area contributed by atoms with E-state index >= 15 is 0 Å². The monoisotopic (exact) mass is 433 g/mol. The lowest BCUT2D eigenvalue weighted by atomic mass is 9.96. The van der Waals surface area contributed by atoms with E-state index in [4.69, 9.17) is 0 Å². The summed E-state index contributed by atoms with van der Waals surface area (Å²) in [5.74, 6) is 0.808. The zero-order valence-corrected chi connectivity index (χ0v) is 17.5. The van der Waals surface area contributed by atoms with Crippen LogP contribution in [-0.4, -0.2) is 60.3 Å². The van der Waals surface area contributed by atoms with Crippen molar-refractivity contribution in [2.45, 2.75) is 25.9 Å². The van der Waals surface area contributed by atoms with E-state index in [0.29, 0.717) is 38.4 Å². The molecule has 0 N–H and O–H groups in total. The van der Waals surface area contributed by atoms with Gasteiger partial charge in [0.05, 0.1) is 17.2 Å². The molecule has 2 aromatic rings. The molecule has 2 fully saturated rings. The first-order chi connectivity index (χ1) is 14.8. The Balaban J connectivity index is 1.35.